The minimum absolute atomic E-state index is 0. The summed E-state index contributed by atoms with van der Waals surface area (Å²) in [5.74, 6) is 0. The molecule has 0 atom stereocenters. The van der Waals surface area contributed by atoms with Gasteiger partial charge >= 0.3 is 0 Å². The smallest absolute Gasteiger partial charge is 0.264 e. The van der Waals surface area contributed by atoms with E-state index in [-0.39, 0.29) is 39.3 Å². The van der Waals surface area contributed by atoms with Crippen molar-refractivity contribution < 1.29 is 43.8 Å². The normalized spacial score (nSPS) is 12.6. The van der Waals surface area contributed by atoms with Gasteiger partial charge in [0.25, 0.3) is 20.2 Å². The highest BCUT2D eigenvalue weighted by atomic mass is 35.7. The standard InChI is InChI=1S/C7H16O6S2.C5H12O2.CH3ClO2S.CH4/c1-7(2,5-12-14(3,8)9)6-13-15(4,10)11;1-5(2,3-6)4-7;1-5(2,3)4;/h5-6H2,1-4H3;6-7H,3-4H2,1-2H3;1H3;1H4. The Hall–Kier alpha value is -0.0200. The van der Waals surface area contributed by atoms with E-state index in [2.05, 4.69) is 19.0 Å². The van der Waals surface area contributed by atoms with Crippen LogP contribution in [-0.4, -0.2) is 80.7 Å². The summed E-state index contributed by atoms with van der Waals surface area (Å²) in [5, 5.41) is 16.9. The molecule has 28 heavy (non-hydrogen) atoms. The summed E-state index contributed by atoms with van der Waals surface area (Å²) in [5.41, 5.74) is -0.994. The topological polar surface area (TPSA) is 161 Å². The van der Waals surface area contributed by atoms with Crippen LogP contribution in [0.1, 0.15) is 35.1 Å². The SMILES string of the molecule is C.CC(C)(CO)CO.CC(C)(COS(C)(=O)=O)COS(C)(=O)=O.CS(=O)(=O)Cl. The lowest BCUT2D eigenvalue weighted by Gasteiger charge is -2.22. The van der Waals surface area contributed by atoms with Crippen LogP contribution in [0.5, 0.6) is 0 Å². The zero-order valence-corrected chi connectivity index (χ0v) is 19.8. The third-order valence-corrected chi connectivity index (χ3v) is 3.28. The molecule has 0 aromatic heterocycles. The van der Waals surface area contributed by atoms with Gasteiger partial charge in [0.1, 0.15) is 0 Å². The molecule has 0 spiro atoms. The van der Waals surface area contributed by atoms with Gasteiger partial charge < -0.3 is 10.2 Å². The van der Waals surface area contributed by atoms with Crippen molar-refractivity contribution in [3.63, 3.8) is 0 Å². The van der Waals surface area contributed by atoms with E-state index in [0.29, 0.717) is 0 Å². The van der Waals surface area contributed by atoms with Crippen molar-refractivity contribution in [2.75, 3.05) is 45.2 Å². The van der Waals surface area contributed by atoms with E-state index in [9.17, 15) is 25.3 Å². The van der Waals surface area contributed by atoms with Gasteiger partial charge in [-0.25, -0.2) is 8.42 Å². The molecule has 0 radical (unpaired) electrons. The molecule has 2 N–H and O–H groups in total. The first-order valence-corrected chi connectivity index (χ1v) is 13.7. The Morgan fingerprint density at radius 3 is 1.04 bits per heavy atom. The Balaban J connectivity index is -0.000000184. The van der Waals surface area contributed by atoms with E-state index >= 15 is 0 Å². The average Bonchev–Trinajstić information content (AvgIpc) is 2.41. The Kier molecular flexibility index (Phi) is 17.8. The molecule has 0 bridgehead atoms. The van der Waals surface area contributed by atoms with Crippen LogP contribution in [0.3, 0.4) is 0 Å². The van der Waals surface area contributed by atoms with Gasteiger partial charge in [0, 0.05) is 21.5 Å². The molecule has 0 aliphatic heterocycles. The van der Waals surface area contributed by atoms with Crippen molar-refractivity contribution in [1.29, 1.82) is 0 Å². The largest absolute Gasteiger partial charge is 0.396 e. The molecule has 10 nitrogen and oxygen atoms in total. The molecule has 0 unspecified atom stereocenters. The lowest BCUT2D eigenvalue weighted by molar-refractivity contribution is 0.0857. The maximum Gasteiger partial charge on any atom is 0.264 e. The van der Waals surface area contributed by atoms with Crippen molar-refractivity contribution in [2.45, 2.75) is 35.1 Å². The first kappa shape index (κ1) is 35.4. The van der Waals surface area contributed by atoms with Crippen LogP contribution in [0.15, 0.2) is 0 Å². The number of halogens is 1. The summed E-state index contributed by atoms with van der Waals surface area (Å²) in [6.45, 7) is 6.72. The van der Waals surface area contributed by atoms with Crippen LogP contribution in [0, 0.1) is 10.8 Å². The molecule has 0 rings (SSSR count). The second-order valence-corrected chi connectivity index (χ2v) is 13.6. The lowest BCUT2D eigenvalue weighted by atomic mass is 9.97. The minimum atomic E-state index is -3.52. The van der Waals surface area contributed by atoms with Gasteiger partial charge in [-0.1, -0.05) is 35.1 Å². The molecule has 0 amide bonds. The van der Waals surface area contributed by atoms with Crippen LogP contribution in [0.2, 0.25) is 0 Å². The summed E-state index contributed by atoms with van der Waals surface area (Å²) in [6.07, 6.45) is 2.79. The molecule has 0 aromatic rings. The molecule has 176 valence electrons. The van der Waals surface area contributed by atoms with E-state index in [0.717, 1.165) is 18.8 Å². The van der Waals surface area contributed by atoms with Crippen LogP contribution in [0.25, 0.3) is 0 Å². The number of aliphatic hydroxyl groups is 2. The fourth-order valence-corrected chi connectivity index (χ4v) is 1.69. The Labute approximate surface area is 174 Å². The third kappa shape index (κ3) is 40.6. The number of hydrogen-bond acceptors (Lipinski definition) is 10. The predicted molar refractivity (Wildman–Crippen MR) is 111 cm³/mol. The fraction of sp³-hybridized carbons (Fsp3) is 1.00. The molecule has 0 aliphatic rings. The van der Waals surface area contributed by atoms with E-state index in [1.165, 1.54) is 0 Å². The maximum atomic E-state index is 10.7. The molecule has 14 heteroatoms. The van der Waals surface area contributed by atoms with E-state index in [4.69, 9.17) is 10.2 Å². The highest BCUT2D eigenvalue weighted by molar-refractivity contribution is 8.13. The van der Waals surface area contributed by atoms with Gasteiger partial charge in [-0.3, -0.25) is 8.37 Å². The zero-order valence-electron chi connectivity index (χ0n) is 16.6. The Morgan fingerprint density at radius 2 is 0.929 bits per heavy atom. The quantitative estimate of drug-likeness (QED) is 0.364. The number of rotatable bonds is 8. The van der Waals surface area contributed by atoms with Crippen LogP contribution in [-0.2, 0) is 37.7 Å². The zero-order chi connectivity index (χ0) is 22.7. The molecule has 0 heterocycles. The predicted octanol–water partition coefficient (Wildman–Crippen LogP) is 0.783. The Morgan fingerprint density at radius 1 is 0.714 bits per heavy atom. The molecule has 0 saturated heterocycles. The van der Waals surface area contributed by atoms with Gasteiger partial charge in [-0.05, 0) is 0 Å². The summed E-state index contributed by atoms with van der Waals surface area (Å²) in [4.78, 5) is 0. The molecule has 0 aliphatic carbocycles. The van der Waals surface area contributed by atoms with E-state index in [1.54, 1.807) is 27.7 Å². The second-order valence-electron chi connectivity index (χ2n) is 7.26. The molecular formula is C14H35ClO10S3. The molecule has 0 aromatic carbocycles. The van der Waals surface area contributed by atoms with Crippen molar-refractivity contribution in [3.05, 3.63) is 0 Å². The van der Waals surface area contributed by atoms with Crippen LogP contribution in [0.4, 0.5) is 0 Å². The fourth-order valence-electron chi connectivity index (χ4n) is 0.625. The minimum Gasteiger partial charge on any atom is -0.396 e. The molecule has 0 fully saturated rings. The third-order valence-electron chi connectivity index (χ3n) is 2.18. The van der Waals surface area contributed by atoms with Crippen molar-refractivity contribution in [1.82, 2.24) is 0 Å². The monoisotopic (exact) mass is 494 g/mol. The van der Waals surface area contributed by atoms with Gasteiger partial charge in [0.2, 0.25) is 9.05 Å². The van der Waals surface area contributed by atoms with Crippen molar-refractivity contribution >= 4 is 40.0 Å². The van der Waals surface area contributed by atoms with Gasteiger partial charge in [0.15, 0.2) is 0 Å². The molecule has 0 saturated carbocycles. The Bertz CT molecular complexity index is 658. The first-order chi connectivity index (χ1) is 11.5. The van der Waals surface area contributed by atoms with Crippen molar-refractivity contribution in [3.8, 4) is 0 Å². The summed E-state index contributed by atoms with van der Waals surface area (Å²) >= 11 is 0. The average molecular weight is 495 g/mol. The van der Waals surface area contributed by atoms with Crippen molar-refractivity contribution in [2.24, 2.45) is 10.8 Å². The van der Waals surface area contributed by atoms with Crippen LogP contribution < -0.4 is 0 Å². The molecular weight excluding hydrogens is 460 g/mol. The van der Waals surface area contributed by atoms with Gasteiger partial charge in [-0.15, -0.1) is 0 Å². The summed E-state index contributed by atoms with van der Waals surface area (Å²) < 4.78 is 70.7. The van der Waals surface area contributed by atoms with E-state index in [1.807, 2.05) is 0 Å². The second kappa shape index (κ2) is 14.1. The summed E-state index contributed by atoms with van der Waals surface area (Å²) in [6, 6.07) is 0. The van der Waals surface area contributed by atoms with Crippen LogP contribution >= 0.6 is 10.7 Å². The van der Waals surface area contributed by atoms with Gasteiger partial charge in [-0.2, -0.15) is 16.8 Å². The highest BCUT2D eigenvalue weighted by Crippen LogP contribution is 2.17. The maximum absolute atomic E-state index is 10.7. The number of aliphatic hydroxyl groups excluding tert-OH is 2. The van der Waals surface area contributed by atoms with Gasteiger partial charge in [0.05, 0.1) is 45.2 Å². The van der Waals surface area contributed by atoms with E-state index < -0.39 is 34.7 Å². The first-order valence-electron chi connectivity index (χ1n) is 7.34. The highest BCUT2D eigenvalue weighted by Gasteiger charge is 2.23. The number of hydrogen-bond donors (Lipinski definition) is 2. The summed E-state index contributed by atoms with van der Waals surface area (Å²) in [7, 11) is -5.72. The lowest BCUT2D eigenvalue weighted by Crippen LogP contribution is -2.28.